The summed E-state index contributed by atoms with van der Waals surface area (Å²) in [6, 6.07) is 0.944. The summed E-state index contributed by atoms with van der Waals surface area (Å²) >= 11 is 0. The van der Waals surface area contributed by atoms with E-state index in [9.17, 15) is 9.59 Å². The smallest absolute Gasteiger partial charge is 0.345 e. The van der Waals surface area contributed by atoms with Crippen LogP contribution in [-0.4, -0.2) is 46.9 Å². The third kappa shape index (κ3) is 8.44. The number of carbonyl (C=O) groups is 2. The first-order valence-corrected chi connectivity index (χ1v) is 9.13. The molecule has 0 aliphatic carbocycles. The number of carbonyl (C=O) groups excluding carboxylic acids is 2. The number of ether oxygens (including phenoxy) is 2. The first-order chi connectivity index (χ1) is 10.0. The van der Waals surface area contributed by atoms with Gasteiger partial charge in [0.15, 0.2) is 0 Å². The Morgan fingerprint density at radius 2 is 1.29 bits per heavy atom. The molecule has 0 rings (SSSR count). The third-order valence-electron chi connectivity index (χ3n) is 2.60. The second kappa shape index (κ2) is 11.2. The normalized spacial score (nSPS) is 10.8. The molecule has 0 amide bonds. The highest BCUT2D eigenvalue weighted by Gasteiger charge is 2.37. The monoisotopic (exact) mass is 316 g/mol. The van der Waals surface area contributed by atoms with Gasteiger partial charge in [-0.2, -0.15) is 0 Å². The molecule has 0 radical (unpaired) electrons. The maximum absolute atomic E-state index is 11.1. The van der Waals surface area contributed by atoms with Crippen LogP contribution >= 0.6 is 0 Å². The summed E-state index contributed by atoms with van der Waals surface area (Å²) in [6.07, 6.45) is 2.22. The van der Waals surface area contributed by atoms with Crippen molar-refractivity contribution < 1.29 is 27.9 Å². The summed E-state index contributed by atoms with van der Waals surface area (Å²) in [7, 11) is -2.58. The number of hydrogen-bond acceptors (Lipinski definition) is 6. The van der Waals surface area contributed by atoms with Gasteiger partial charge in [-0.05, 0) is 13.8 Å². The van der Waals surface area contributed by atoms with Crippen LogP contribution in [0.1, 0.15) is 13.8 Å². The van der Waals surface area contributed by atoms with Gasteiger partial charge in [-0.25, -0.2) is 9.59 Å². The Morgan fingerprint density at radius 1 is 0.905 bits per heavy atom. The van der Waals surface area contributed by atoms with E-state index in [1.165, 1.54) is 0 Å². The van der Waals surface area contributed by atoms with Crippen molar-refractivity contribution in [3.05, 3.63) is 25.3 Å². The Kier molecular flexibility index (Phi) is 10.5. The summed E-state index contributed by atoms with van der Waals surface area (Å²) in [4.78, 5) is 22.1. The van der Waals surface area contributed by atoms with Crippen LogP contribution in [-0.2, 0) is 27.9 Å². The Hall–Kier alpha value is -1.44. The number of hydrogen-bond donors (Lipinski definition) is 0. The van der Waals surface area contributed by atoms with Crippen LogP contribution in [0.4, 0.5) is 0 Å². The van der Waals surface area contributed by atoms with E-state index in [1.54, 1.807) is 0 Å². The van der Waals surface area contributed by atoms with E-state index >= 15 is 0 Å². The van der Waals surface area contributed by atoms with E-state index in [0.29, 0.717) is 25.3 Å². The fraction of sp³-hybridized carbons (Fsp3) is 0.571. The SMILES string of the molecule is C=CC(=O)OCC[Si](CCOC(=O)C=C)(OCC)OCC. The van der Waals surface area contributed by atoms with Crippen LogP contribution in [0.2, 0.25) is 12.1 Å². The lowest BCUT2D eigenvalue weighted by atomic mass is 10.6. The fourth-order valence-electron chi connectivity index (χ4n) is 1.71. The van der Waals surface area contributed by atoms with Crippen molar-refractivity contribution >= 4 is 20.5 Å². The van der Waals surface area contributed by atoms with Gasteiger partial charge in [0.05, 0.1) is 13.2 Å². The van der Waals surface area contributed by atoms with E-state index in [4.69, 9.17) is 18.3 Å². The molecule has 0 aromatic heterocycles. The molecule has 0 aromatic carbocycles. The summed E-state index contributed by atoms with van der Waals surface area (Å²) in [5.41, 5.74) is 0. The van der Waals surface area contributed by atoms with E-state index < -0.39 is 20.5 Å². The zero-order valence-electron chi connectivity index (χ0n) is 12.8. The molecule has 0 unspecified atom stereocenters. The highest BCUT2D eigenvalue weighted by atomic mass is 28.4. The van der Waals surface area contributed by atoms with Crippen LogP contribution in [0.25, 0.3) is 0 Å². The molecule has 0 spiro atoms. The Labute approximate surface area is 127 Å². The topological polar surface area (TPSA) is 71.1 Å². The molecule has 7 heteroatoms. The molecule has 0 heterocycles. The molecule has 0 aromatic rings. The average molecular weight is 316 g/mol. The highest BCUT2D eigenvalue weighted by molar-refractivity contribution is 6.67. The lowest BCUT2D eigenvalue weighted by Gasteiger charge is -2.29. The van der Waals surface area contributed by atoms with E-state index in [2.05, 4.69) is 13.2 Å². The minimum Gasteiger partial charge on any atom is -0.463 e. The van der Waals surface area contributed by atoms with Crippen molar-refractivity contribution in [2.75, 3.05) is 26.4 Å². The van der Waals surface area contributed by atoms with Crippen LogP contribution < -0.4 is 0 Å². The molecule has 21 heavy (non-hydrogen) atoms. The molecule has 0 bridgehead atoms. The summed E-state index contributed by atoms with van der Waals surface area (Å²) in [5.74, 6) is -0.965. The largest absolute Gasteiger partial charge is 0.463 e. The zero-order chi connectivity index (χ0) is 16.1. The summed E-state index contributed by atoms with van der Waals surface area (Å²) < 4.78 is 21.5. The highest BCUT2D eigenvalue weighted by Crippen LogP contribution is 2.20. The molecule has 120 valence electrons. The van der Waals surface area contributed by atoms with Crippen molar-refractivity contribution in [3.8, 4) is 0 Å². The van der Waals surface area contributed by atoms with E-state index in [0.717, 1.165) is 12.2 Å². The second-order valence-corrected chi connectivity index (χ2v) is 7.42. The lowest BCUT2D eigenvalue weighted by molar-refractivity contribution is -0.137. The summed E-state index contributed by atoms with van der Waals surface area (Å²) in [5, 5.41) is 0. The number of rotatable bonds is 12. The Morgan fingerprint density at radius 3 is 1.57 bits per heavy atom. The first-order valence-electron chi connectivity index (χ1n) is 6.89. The van der Waals surface area contributed by atoms with Gasteiger partial charge >= 0.3 is 20.5 Å². The Balaban J connectivity index is 4.56. The van der Waals surface area contributed by atoms with Gasteiger partial charge in [0.1, 0.15) is 0 Å². The minimum absolute atomic E-state index is 0.187. The van der Waals surface area contributed by atoms with E-state index in [1.807, 2.05) is 13.8 Å². The maximum Gasteiger partial charge on any atom is 0.345 e. The lowest BCUT2D eigenvalue weighted by Crippen LogP contribution is -2.44. The fourth-order valence-corrected chi connectivity index (χ4v) is 4.50. The molecule has 0 atom stereocenters. The maximum atomic E-state index is 11.1. The van der Waals surface area contributed by atoms with E-state index in [-0.39, 0.29) is 13.2 Å². The first kappa shape index (κ1) is 19.6. The molecular weight excluding hydrogens is 292 g/mol. The van der Waals surface area contributed by atoms with Crippen molar-refractivity contribution in [2.45, 2.75) is 25.9 Å². The standard InChI is InChI=1S/C14H24O6Si/c1-5-13(15)17-9-11-21(19-7-3,20-8-4)12-10-18-14(16)6-2/h5-6H,1-2,7-12H2,3-4H3. The molecule has 0 fully saturated rings. The van der Waals surface area contributed by atoms with Crippen LogP contribution in [0, 0.1) is 0 Å². The van der Waals surface area contributed by atoms with Crippen molar-refractivity contribution in [2.24, 2.45) is 0 Å². The van der Waals surface area contributed by atoms with Crippen molar-refractivity contribution in [1.82, 2.24) is 0 Å². The second-order valence-electron chi connectivity index (χ2n) is 4.02. The van der Waals surface area contributed by atoms with Gasteiger partial charge < -0.3 is 18.3 Å². The molecule has 6 nitrogen and oxygen atoms in total. The van der Waals surface area contributed by atoms with Crippen LogP contribution in [0.5, 0.6) is 0 Å². The number of esters is 2. The summed E-state index contributed by atoms with van der Waals surface area (Å²) in [6.45, 7) is 11.7. The molecule has 0 N–H and O–H groups in total. The Bertz CT molecular complexity index is 321. The zero-order valence-corrected chi connectivity index (χ0v) is 13.8. The third-order valence-corrected chi connectivity index (χ3v) is 6.16. The van der Waals surface area contributed by atoms with Gasteiger partial charge in [0, 0.05) is 37.5 Å². The molecule has 0 saturated carbocycles. The quantitative estimate of drug-likeness (QED) is 0.311. The van der Waals surface area contributed by atoms with Gasteiger partial charge in [-0.15, -0.1) is 0 Å². The van der Waals surface area contributed by atoms with Crippen LogP contribution in [0.3, 0.4) is 0 Å². The van der Waals surface area contributed by atoms with Gasteiger partial charge in [0.25, 0.3) is 0 Å². The molecular formula is C14H24O6Si. The minimum atomic E-state index is -2.58. The van der Waals surface area contributed by atoms with Gasteiger partial charge in [0.2, 0.25) is 0 Å². The van der Waals surface area contributed by atoms with Crippen molar-refractivity contribution in [1.29, 1.82) is 0 Å². The predicted octanol–water partition coefficient (Wildman–Crippen LogP) is 1.96. The molecule has 0 aliphatic heterocycles. The van der Waals surface area contributed by atoms with Gasteiger partial charge in [-0.3, -0.25) is 0 Å². The van der Waals surface area contributed by atoms with Crippen LogP contribution in [0.15, 0.2) is 25.3 Å². The van der Waals surface area contributed by atoms with Gasteiger partial charge in [-0.1, -0.05) is 13.2 Å². The average Bonchev–Trinajstić information content (AvgIpc) is 2.47. The molecule has 0 saturated heterocycles. The van der Waals surface area contributed by atoms with Crippen molar-refractivity contribution in [3.63, 3.8) is 0 Å². The predicted molar refractivity (Wildman–Crippen MR) is 80.9 cm³/mol. The molecule has 0 aliphatic rings.